The van der Waals surface area contributed by atoms with Crippen LogP contribution in [-0.2, 0) is 0 Å². The van der Waals surface area contributed by atoms with E-state index in [2.05, 4.69) is 6.58 Å². The molecule has 2 N–H and O–H groups in total. The van der Waals surface area contributed by atoms with Crippen molar-refractivity contribution >= 4 is 0 Å². The first-order chi connectivity index (χ1) is 3.42. The molecule has 0 aromatic heterocycles. The molecule has 0 saturated heterocycles. The predicted octanol–water partition coefficient (Wildman–Crippen LogP) is 0.787. The molecule has 0 spiro atoms. The average molecular weight is 118 g/mol. The summed E-state index contributed by atoms with van der Waals surface area (Å²) in [6.45, 7) is 5.42. The number of hydroxylamine groups is 4. The van der Waals surface area contributed by atoms with Gasteiger partial charge in [-0.2, -0.15) is 10.4 Å². The molecule has 8 heavy (non-hydrogen) atoms. The molecule has 0 aliphatic rings. The molecule has 0 fully saturated rings. The first kappa shape index (κ1) is 7.62. The lowest BCUT2D eigenvalue weighted by atomic mass is 10.3. The van der Waals surface area contributed by atoms with Gasteiger partial charge in [-0.15, -0.1) is 0 Å². The van der Waals surface area contributed by atoms with Gasteiger partial charge in [0.1, 0.15) is 7.05 Å². The van der Waals surface area contributed by atoms with Gasteiger partial charge >= 0.3 is 0 Å². The van der Waals surface area contributed by atoms with Crippen molar-refractivity contribution in [3.8, 4) is 0 Å². The Bertz CT molecular complexity index is 93.1. The molecule has 0 unspecified atom stereocenters. The van der Waals surface area contributed by atoms with Crippen LogP contribution in [0.1, 0.15) is 6.92 Å². The van der Waals surface area contributed by atoms with Gasteiger partial charge in [-0.3, -0.25) is 0 Å². The van der Waals surface area contributed by atoms with Crippen molar-refractivity contribution in [3.63, 3.8) is 0 Å². The van der Waals surface area contributed by atoms with Crippen LogP contribution in [0, 0.1) is 0 Å². The van der Waals surface area contributed by atoms with Gasteiger partial charge in [0.05, 0.1) is 0 Å². The lowest BCUT2D eigenvalue weighted by Gasteiger charge is -2.14. The fraction of sp³-hybridized carbons (Fsp3) is 0.600. The molecule has 0 atom stereocenters. The molecule has 0 saturated carbocycles. The molecule has 0 amide bonds. The Morgan fingerprint density at radius 2 is 2.00 bits per heavy atom. The molecule has 3 heteroatoms. The summed E-state index contributed by atoms with van der Waals surface area (Å²) in [5, 5.41) is 17.2. The number of hydrogen-bond donors (Lipinski definition) is 2. The lowest BCUT2D eigenvalue weighted by Crippen LogP contribution is -2.37. The van der Waals surface area contributed by atoms with Crippen LogP contribution < -0.4 is 0 Å². The zero-order valence-corrected chi connectivity index (χ0v) is 5.26. The van der Waals surface area contributed by atoms with E-state index in [9.17, 15) is 0 Å². The third kappa shape index (κ3) is 5.62. The Kier molecular flexibility index (Phi) is 2.15. The minimum Gasteiger partial charge on any atom is -0.182 e. The summed E-state index contributed by atoms with van der Waals surface area (Å²) in [6, 6.07) is 0. The van der Waals surface area contributed by atoms with Crippen LogP contribution in [0.2, 0.25) is 0 Å². The van der Waals surface area contributed by atoms with Crippen molar-refractivity contribution in [2.45, 2.75) is 6.92 Å². The SMILES string of the molecule is C=C(C)C[N+](C)(O)O. The molecule has 0 aliphatic heterocycles. The van der Waals surface area contributed by atoms with Gasteiger partial charge in [0.2, 0.25) is 0 Å². The zero-order valence-electron chi connectivity index (χ0n) is 5.26. The minimum atomic E-state index is -1.02. The van der Waals surface area contributed by atoms with Gasteiger partial charge in [-0.1, -0.05) is 6.58 Å². The van der Waals surface area contributed by atoms with E-state index in [0.717, 1.165) is 5.57 Å². The maximum Gasteiger partial charge on any atom is 0.162 e. The molecule has 0 rings (SSSR count). The van der Waals surface area contributed by atoms with E-state index < -0.39 is 4.81 Å². The predicted molar refractivity (Wildman–Crippen MR) is 29.4 cm³/mol. The largest absolute Gasteiger partial charge is 0.182 e. The number of likely N-dealkylation sites (N-methyl/N-ethyl adjacent to an activating group) is 1. The molecular formula is C5H12NO2+. The van der Waals surface area contributed by atoms with E-state index in [4.69, 9.17) is 10.4 Å². The summed E-state index contributed by atoms with van der Waals surface area (Å²) in [5.41, 5.74) is 0.748. The third-order valence-corrected chi connectivity index (χ3v) is 0.569. The highest BCUT2D eigenvalue weighted by Crippen LogP contribution is 1.94. The normalized spacial score (nSPS) is 11.5. The first-order valence-corrected chi connectivity index (χ1v) is 2.37. The summed E-state index contributed by atoms with van der Waals surface area (Å²) in [5.74, 6) is 0. The van der Waals surface area contributed by atoms with Crippen LogP contribution in [-0.4, -0.2) is 28.8 Å². The fourth-order valence-electron chi connectivity index (χ4n) is 0.511. The van der Waals surface area contributed by atoms with Crippen LogP contribution in [0.15, 0.2) is 12.2 Å². The highest BCUT2D eigenvalue weighted by atomic mass is 16.8. The van der Waals surface area contributed by atoms with Crippen molar-refractivity contribution < 1.29 is 15.2 Å². The smallest absolute Gasteiger partial charge is 0.162 e. The van der Waals surface area contributed by atoms with Crippen LogP contribution >= 0.6 is 0 Å². The van der Waals surface area contributed by atoms with E-state index in [1.807, 2.05) is 0 Å². The van der Waals surface area contributed by atoms with Crippen molar-refractivity contribution in [2.24, 2.45) is 0 Å². The standard InChI is InChI=1S/C5H12NO2/c1-5(2)4-6(3,7)8/h7-8H,1,4H2,2-3H3/q+1. The summed E-state index contributed by atoms with van der Waals surface area (Å²) in [7, 11) is 1.27. The van der Waals surface area contributed by atoms with Crippen LogP contribution in [0.4, 0.5) is 0 Å². The van der Waals surface area contributed by atoms with E-state index in [1.54, 1.807) is 6.92 Å². The number of nitrogens with zero attached hydrogens (tertiary/aromatic N) is 1. The number of rotatable bonds is 2. The van der Waals surface area contributed by atoms with E-state index >= 15 is 0 Å². The monoisotopic (exact) mass is 118 g/mol. The Balaban J connectivity index is 3.55. The second kappa shape index (κ2) is 2.26. The van der Waals surface area contributed by atoms with E-state index in [-0.39, 0.29) is 6.54 Å². The topological polar surface area (TPSA) is 40.5 Å². The number of hydrogen-bond acceptors (Lipinski definition) is 2. The third-order valence-electron chi connectivity index (χ3n) is 0.569. The van der Waals surface area contributed by atoms with Gasteiger partial charge in [0, 0.05) is 0 Å². The summed E-state index contributed by atoms with van der Waals surface area (Å²) < 4.78 is 0. The molecule has 48 valence electrons. The van der Waals surface area contributed by atoms with E-state index in [1.165, 1.54) is 7.05 Å². The molecular weight excluding hydrogens is 106 g/mol. The van der Waals surface area contributed by atoms with E-state index in [0.29, 0.717) is 0 Å². The molecule has 0 bridgehead atoms. The molecule has 0 heterocycles. The molecule has 3 nitrogen and oxygen atoms in total. The van der Waals surface area contributed by atoms with Crippen LogP contribution in [0.5, 0.6) is 0 Å². The van der Waals surface area contributed by atoms with Crippen molar-refractivity contribution in [1.29, 1.82) is 0 Å². The van der Waals surface area contributed by atoms with Crippen molar-refractivity contribution in [3.05, 3.63) is 12.2 Å². The van der Waals surface area contributed by atoms with Gasteiger partial charge in [-0.05, 0) is 17.3 Å². The maximum absolute atomic E-state index is 8.62. The second-order valence-corrected chi connectivity index (χ2v) is 2.20. The lowest BCUT2D eigenvalue weighted by molar-refractivity contribution is -1.23. The summed E-state index contributed by atoms with van der Waals surface area (Å²) >= 11 is 0. The Labute approximate surface area is 49.0 Å². The minimum absolute atomic E-state index is 0.181. The second-order valence-electron chi connectivity index (χ2n) is 2.20. The van der Waals surface area contributed by atoms with Crippen LogP contribution in [0.25, 0.3) is 0 Å². The maximum atomic E-state index is 8.62. The quantitative estimate of drug-likeness (QED) is 0.319. The summed E-state index contributed by atoms with van der Waals surface area (Å²) in [4.78, 5) is -1.02. The molecule has 0 aromatic rings. The molecule has 0 aliphatic carbocycles. The Morgan fingerprint density at radius 1 is 1.62 bits per heavy atom. The van der Waals surface area contributed by atoms with Gasteiger partial charge in [0.25, 0.3) is 0 Å². The van der Waals surface area contributed by atoms with Gasteiger partial charge in [0.15, 0.2) is 6.54 Å². The van der Waals surface area contributed by atoms with Gasteiger partial charge < -0.3 is 0 Å². The fourth-order valence-corrected chi connectivity index (χ4v) is 0.511. The molecule has 0 radical (unpaired) electrons. The summed E-state index contributed by atoms with van der Waals surface area (Å²) in [6.07, 6.45) is 0. The average Bonchev–Trinajstić information content (AvgIpc) is 1.21. The van der Waals surface area contributed by atoms with Crippen molar-refractivity contribution in [2.75, 3.05) is 13.6 Å². The Morgan fingerprint density at radius 3 is 2.00 bits per heavy atom. The number of quaternary nitrogens is 1. The molecule has 0 aromatic carbocycles. The van der Waals surface area contributed by atoms with Gasteiger partial charge in [-0.25, -0.2) is 0 Å². The highest BCUT2D eigenvalue weighted by molar-refractivity contribution is 4.86. The van der Waals surface area contributed by atoms with Crippen molar-refractivity contribution in [1.82, 2.24) is 0 Å². The zero-order chi connectivity index (χ0) is 6.78. The Hall–Kier alpha value is -0.380. The van der Waals surface area contributed by atoms with Crippen LogP contribution in [0.3, 0.4) is 0 Å². The first-order valence-electron chi connectivity index (χ1n) is 2.37. The highest BCUT2D eigenvalue weighted by Gasteiger charge is 2.12.